The standard InChI is InChI=1S/C23H28ClN3O5S/c1-17(2)22(28)26(15-20-8-6-11-32-20)14-19-13-25-23(27(19)10-12-31-3)33(29,30)16-18-7-4-5-9-21(18)24/h4-9,11,13,17H,10,12,14-16H2,1-3H3. The van der Waals surface area contributed by atoms with Crippen molar-refractivity contribution in [2.24, 2.45) is 5.92 Å². The van der Waals surface area contributed by atoms with Crippen LogP contribution in [0, 0.1) is 5.92 Å². The van der Waals surface area contributed by atoms with Crippen LogP contribution in [-0.4, -0.2) is 42.5 Å². The average Bonchev–Trinajstić information content (AvgIpc) is 3.43. The summed E-state index contributed by atoms with van der Waals surface area (Å²) in [6.45, 7) is 4.64. The number of carbonyl (C=O) groups excluding carboxylic acids is 1. The summed E-state index contributed by atoms with van der Waals surface area (Å²) in [7, 11) is -2.27. The van der Waals surface area contributed by atoms with Crippen molar-refractivity contribution in [1.29, 1.82) is 0 Å². The van der Waals surface area contributed by atoms with Crippen LogP contribution in [-0.2, 0) is 44.8 Å². The SMILES string of the molecule is COCCn1c(CN(Cc2ccco2)C(=O)C(C)C)cnc1S(=O)(=O)Cc1ccccc1Cl. The zero-order chi connectivity index (χ0) is 24.0. The molecular weight excluding hydrogens is 466 g/mol. The number of halogens is 1. The molecular formula is C23H28ClN3O5S. The van der Waals surface area contributed by atoms with Gasteiger partial charge in [-0.1, -0.05) is 43.6 Å². The molecule has 0 radical (unpaired) electrons. The van der Waals surface area contributed by atoms with E-state index in [-0.39, 0.29) is 49.0 Å². The second kappa shape index (κ2) is 11.0. The number of imidazole rings is 1. The van der Waals surface area contributed by atoms with Crippen LogP contribution >= 0.6 is 11.6 Å². The van der Waals surface area contributed by atoms with Gasteiger partial charge in [-0.3, -0.25) is 4.79 Å². The second-order valence-corrected chi connectivity index (χ2v) is 10.2. The summed E-state index contributed by atoms with van der Waals surface area (Å²) in [5.74, 6) is 0.0422. The Morgan fingerprint density at radius 3 is 2.61 bits per heavy atom. The molecule has 0 fully saturated rings. The van der Waals surface area contributed by atoms with Gasteiger partial charge in [-0.15, -0.1) is 0 Å². The smallest absolute Gasteiger partial charge is 0.228 e. The van der Waals surface area contributed by atoms with Crippen molar-refractivity contribution < 1.29 is 22.4 Å². The monoisotopic (exact) mass is 493 g/mol. The fourth-order valence-electron chi connectivity index (χ4n) is 3.44. The number of rotatable bonds is 11. The Morgan fingerprint density at radius 1 is 1.21 bits per heavy atom. The van der Waals surface area contributed by atoms with Crippen LogP contribution in [0.15, 0.2) is 58.4 Å². The van der Waals surface area contributed by atoms with Crippen molar-refractivity contribution in [3.63, 3.8) is 0 Å². The molecule has 0 aliphatic rings. The van der Waals surface area contributed by atoms with Gasteiger partial charge in [0.05, 0.1) is 43.6 Å². The summed E-state index contributed by atoms with van der Waals surface area (Å²) in [6.07, 6.45) is 3.05. The molecule has 33 heavy (non-hydrogen) atoms. The number of sulfone groups is 1. The number of amides is 1. The minimum absolute atomic E-state index is 0.0774. The quantitative estimate of drug-likeness (QED) is 0.401. The third-order valence-electron chi connectivity index (χ3n) is 5.09. The first kappa shape index (κ1) is 25.0. The summed E-state index contributed by atoms with van der Waals surface area (Å²) < 4.78 is 38.7. The number of aromatic nitrogens is 2. The molecule has 178 valence electrons. The molecule has 0 saturated carbocycles. The van der Waals surface area contributed by atoms with Crippen LogP contribution in [0.3, 0.4) is 0 Å². The summed E-state index contributed by atoms with van der Waals surface area (Å²) in [5.41, 5.74) is 1.08. The van der Waals surface area contributed by atoms with E-state index in [0.29, 0.717) is 22.0 Å². The highest BCUT2D eigenvalue weighted by molar-refractivity contribution is 7.90. The summed E-state index contributed by atoms with van der Waals surface area (Å²) >= 11 is 6.18. The lowest BCUT2D eigenvalue weighted by Gasteiger charge is -2.24. The summed E-state index contributed by atoms with van der Waals surface area (Å²) in [4.78, 5) is 18.7. The van der Waals surface area contributed by atoms with Crippen molar-refractivity contribution in [2.75, 3.05) is 13.7 Å². The maximum Gasteiger partial charge on any atom is 0.228 e. The van der Waals surface area contributed by atoms with Gasteiger partial charge in [0.15, 0.2) is 0 Å². The number of carbonyl (C=O) groups is 1. The first-order chi connectivity index (χ1) is 15.7. The van der Waals surface area contributed by atoms with Crippen LogP contribution in [0.1, 0.15) is 30.9 Å². The van der Waals surface area contributed by atoms with Crippen molar-refractivity contribution >= 4 is 27.3 Å². The van der Waals surface area contributed by atoms with E-state index in [9.17, 15) is 13.2 Å². The Hall–Kier alpha value is -2.62. The highest BCUT2D eigenvalue weighted by Gasteiger charge is 2.27. The molecule has 0 aliphatic heterocycles. The van der Waals surface area contributed by atoms with E-state index in [1.807, 2.05) is 13.8 Å². The first-order valence-electron chi connectivity index (χ1n) is 10.5. The molecule has 2 heterocycles. The van der Waals surface area contributed by atoms with Gasteiger partial charge in [0.2, 0.25) is 20.9 Å². The molecule has 0 atom stereocenters. The average molecular weight is 494 g/mol. The predicted octanol–water partition coefficient (Wildman–Crippen LogP) is 3.93. The van der Waals surface area contributed by atoms with Crippen molar-refractivity contribution in [1.82, 2.24) is 14.5 Å². The number of nitrogens with zero attached hydrogens (tertiary/aromatic N) is 3. The zero-order valence-corrected chi connectivity index (χ0v) is 20.5. The number of ether oxygens (including phenoxy) is 1. The molecule has 10 heteroatoms. The molecule has 3 aromatic rings. The van der Waals surface area contributed by atoms with Gasteiger partial charge in [-0.2, -0.15) is 0 Å². The minimum atomic E-state index is -3.81. The molecule has 1 amide bonds. The fourth-order valence-corrected chi connectivity index (χ4v) is 5.27. The highest BCUT2D eigenvalue weighted by Crippen LogP contribution is 2.23. The summed E-state index contributed by atoms with van der Waals surface area (Å²) in [6, 6.07) is 10.4. The zero-order valence-electron chi connectivity index (χ0n) is 18.9. The molecule has 0 N–H and O–H groups in total. The summed E-state index contributed by atoms with van der Waals surface area (Å²) in [5, 5.41) is 0.299. The van der Waals surface area contributed by atoms with E-state index < -0.39 is 9.84 Å². The van der Waals surface area contributed by atoms with Crippen LogP contribution in [0.25, 0.3) is 0 Å². The van der Waals surface area contributed by atoms with Crippen LogP contribution in [0.5, 0.6) is 0 Å². The van der Waals surface area contributed by atoms with Crippen LogP contribution in [0.2, 0.25) is 5.02 Å². The van der Waals surface area contributed by atoms with E-state index >= 15 is 0 Å². The van der Waals surface area contributed by atoms with Gasteiger partial charge in [0, 0.05) is 24.6 Å². The lowest BCUT2D eigenvalue weighted by atomic mass is 10.2. The predicted molar refractivity (Wildman–Crippen MR) is 124 cm³/mol. The molecule has 2 aromatic heterocycles. The molecule has 0 aliphatic carbocycles. The normalized spacial score (nSPS) is 11.8. The molecule has 0 saturated heterocycles. The second-order valence-electron chi connectivity index (χ2n) is 7.96. The molecule has 8 nitrogen and oxygen atoms in total. The number of methoxy groups -OCH3 is 1. The van der Waals surface area contributed by atoms with Crippen LogP contribution in [0.4, 0.5) is 0 Å². The topological polar surface area (TPSA) is 94.6 Å². The van der Waals surface area contributed by atoms with E-state index in [0.717, 1.165) is 0 Å². The lowest BCUT2D eigenvalue weighted by Crippen LogP contribution is -2.34. The Balaban J connectivity index is 1.94. The van der Waals surface area contributed by atoms with Gasteiger partial charge < -0.3 is 18.6 Å². The van der Waals surface area contributed by atoms with Gasteiger partial charge in [0.25, 0.3) is 0 Å². The molecule has 3 rings (SSSR count). The molecule has 1 aromatic carbocycles. The number of hydrogen-bond donors (Lipinski definition) is 0. The van der Waals surface area contributed by atoms with Gasteiger partial charge in [-0.05, 0) is 23.8 Å². The Morgan fingerprint density at radius 2 is 1.97 bits per heavy atom. The Kier molecular flexibility index (Phi) is 8.34. The number of furan rings is 1. The molecule has 0 bridgehead atoms. The largest absolute Gasteiger partial charge is 0.467 e. The van der Waals surface area contributed by atoms with Crippen molar-refractivity contribution in [3.8, 4) is 0 Å². The number of benzene rings is 1. The van der Waals surface area contributed by atoms with Gasteiger partial charge >= 0.3 is 0 Å². The third-order valence-corrected chi connectivity index (χ3v) is 7.03. The van der Waals surface area contributed by atoms with Crippen LogP contribution < -0.4 is 0 Å². The van der Waals surface area contributed by atoms with Gasteiger partial charge in [-0.25, -0.2) is 13.4 Å². The van der Waals surface area contributed by atoms with E-state index in [1.165, 1.54) is 6.20 Å². The van der Waals surface area contributed by atoms with E-state index in [2.05, 4.69) is 4.98 Å². The number of hydrogen-bond acceptors (Lipinski definition) is 6. The highest BCUT2D eigenvalue weighted by atomic mass is 35.5. The Labute approximate surface area is 199 Å². The van der Waals surface area contributed by atoms with E-state index in [1.54, 1.807) is 59.2 Å². The van der Waals surface area contributed by atoms with Crippen molar-refractivity contribution in [3.05, 3.63) is 70.9 Å². The maximum absolute atomic E-state index is 13.3. The minimum Gasteiger partial charge on any atom is -0.467 e. The lowest BCUT2D eigenvalue weighted by molar-refractivity contribution is -0.136. The molecule has 0 unspecified atom stereocenters. The maximum atomic E-state index is 13.3. The van der Waals surface area contributed by atoms with E-state index in [4.69, 9.17) is 20.8 Å². The fraction of sp³-hybridized carbons (Fsp3) is 0.391. The molecule has 0 spiro atoms. The third kappa shape index (κ3) is 6.25. The first-order valence-corrected chi connectivity index (χ1v) is 12.6. The Bertz CT molecular complexity index is 1170. The van der Waals surface area contributed by atoms with Gasteiger partial charge in [0.1, 0.15) is 5.76 Å². The van der Waals surface area contributed by atoms with Crippen molar-refractivity contribution in [2.45, 2.75) is 44.4 Å².